The third kappa shape index (κ3) is 3.30. The van der Waals surface area contributed by atoms with Crippen molar-refractivity contribution in [3.63, 3.8) is 0 Å². The van der Waals surface area contributed by atoms with Crippen LogP contribution in [0.4, 0.5) is 0 Å². The van der Waals surface area contributed by atoms with E-state index in [0.717, 1.165) is 24.1 Å². The first-order chi connectivity index (χ1) is 10.4. The van der Waals surface area contributed by atoms with Gasteiger partial charge in [0.25, 0.3) is 5.56 Å². The Kier molecular flexibility index (Phi) is 4.87. The number of rotatable bonds is 5. The zero-order chi connectivity index (χ0) is 16.3. The molecule has 0 spiro atoms. The van der Waals surface area contributed by atoms with Gasteiger partial charge in [0.1, 0.15) is 0 Å². The van der Waals surface area contributed by atoms with Gasteiger partial charge < -0.3 is 10.3 Å². The summed E-state index contributed by atoms with van der Waals surface area (Å²) in [7, 11) is 0. The van der Waals surface area contributed by atoms with E-state index in [1.54, 1.807) is 0 Å². The van der Waals surface area contributed by atoms with Crippen LogP contribution < -0.4 is 11.3 Å². The van der Waals surface area contributed by atoms with Gasteiger partial charge in [0.05, 0.1) is 5.69 Å². The number of hydrogen-bond acceptors (Lipinski definition) is 2. The van der Waals surface area contributed by atoms with Crippen LogP contribution >= 0.6 is 0 Å². The first-order valence-electron chi connectivity index (χ1n) is 8.01. The molecule has 2 aromatic rings. The molecule has 0 saturated carbocycles. The average molecular weight is 298 g/mol. The van der Waals surface area contributed by atoms with Gasteiger partial charge in [-0.2, -0.15) is 0 Å². The molecule has 0 atom stereocenters. The summed E-state index contributed by atoms with van der Waals surface area (Å²) in [5.41, 5.74) is 9.52. The largest absolute Gasteiger partial charge is 0.322 e. The van der Waals surface area contributed by atoms with Gasteiger partial charge in [-0.05, 0) is 49.9 Å². The topological polar surface area (TPSA) is 48.0 Å². The number of hydrogen-bond donors (Lipinski definition) is 1. The van der Waals surface area contributed by atoms with Crippen LogP contribution in [0.5, 0.6) is 0 Å². The van der Waals surface area contributed by atoms with E-state index in [9.17, 15) is 4.79 Å². The molecule has 1 heterocycles. The molecule has 2 rings (SSSR count). The zero-order valence-corrected chi connectivity index (χ0v) is 14.0. The molecule has 2 N–H and O–H groups in total. The maximum absolute atomic E-state index is 12.8. The Hall–Kier alpha value is -1.87. The first-order valence-corrected chi connectivity index (χ1v) is 8.01. The number of aryl methyl sites for hydroxylation is 1. The fourth-order valence-electron chi connectivity index (χ4n) is 2.68. The summed E-state index contributed by atoms with van der Waals surface area (Å²) in [4.78, 5) is 12.8. The minimum atomic E-state index is -0.628. The molecule has 0 fully saturated rings. The number of nitrogens with zero attached hydrogens (tertiary/aromatic N) is 1. The molecule has 0 unspecified atom stereocenters. The van der Waals surface area contributed by atoms with Gasteiger partial charge in [0.15, 0.2) is 0 Å². The maximum atomic E-state index is 12.8. The molecule has 22 heavy (non-hydrogen) atoms. The van der Waals surface area contributed by atoms with Crippen molar-refractivity contribution in [3.05, 3.63) is 57.9 Å². The lowest BCUT2D eigenvalue weighted by atomic mass is 9.96. The smallest absolute Gasteiger partial charge is 0.256 e. The molecule has 0 bridgehead atoms. The lowest BCUT2D eigenvalue weighted by Gasteiger charge is -2.21. The highest BCUT2D eigenvalue weighted by Crippen LogP contribution is 2.22. The quantitative estimate of drug-likeness (QED) is 0.915. The summed E-state index contributed by atoms with van der Waals surface area (Å²) in [6.45, 7) is 8.66. The molecule has 0 aliphatic carbocycles. The molecule has 3 heteroatoms. The van der Waals surface area contributed by atoms with Gasteiger partial charge in [-0.25, -0.2) is 0 Å². The number of benzene rings is 1. The van der Waals surface area contributed by atoms with Gasteiger partial charge in [-0.3, -0.25) is 4.79 Å². The number of aromatic nitrogens is 1. The van der Waals surface area contributed by atoms with Crippen molar-refractivity contribution >= 4 is 0 Å². The summed E-state index contributed by atoms with van der Waals surface area (Å²) in [5.74, 6) is 0. The van der Waals surface area contributed by atoms with Crippen LogP contribution in [0.2, 0.25) is 0 Å². The van der Waals surface area contributed by atoms with Crippen molar-refractivity contribution in [3.8, 4) is 11.3 Å². The predicted octanol–water partition coefficient (Wildman–Crippen LogP) is 3.68. The highest BCUT2D eigenvalue weighted by molar-refractivity contribution is 5.60. The SMILES string of the molecule is CCCn1c(-c2ccc(CC)cc2)ccc(C(C)(C)N)c1=O. The Morgan fingerprint density at radius 1 is 1.05 bits per heavy atom. The van der Waals surface area contributed by atoms with Crippen LogP contribution in [0.15, 0.2) is 41.2 Å². The van der Waals surface area contributed by atoms with Gasteiger partial charge in [-0.1, -0.05) is 38.1 Å². The minimum Gasteiger partial charge on any atom is -0.322 e. The van der Waals surface area contributed by atoms with E-state index in [2.05, 4.69) is 38.1 Å². The lowest BCUT2D eigenvalue weighted by molar-refractivity contribution is 0.532. The van der Waals surface area contributed by atoms with Crippen molar-refractivity contribution in [2.45, 2.75) is 52.6 Å². The van der Waals surface area contributed by atoms with Crippen molar-refractivity contribution < 1.29 is 0 Å². The van der Waals surface area contributed by atoms with Crippen LogP contribution in [0.1, 0.15) is 45.2 Å². The Morgan fingerprint density at radius 3 is 2.18 bits per heavy atom. The Labute approximate surface area is 132 Å². The van der Waals surface area contributed by atoms with E-state index >= 15 is 0 Å². The van der Waals surface area contributed by atoms with E-state index in [-0.39, 0.29) is 5.56 Å². The summed E-state index contributed by atoms with van der Waals surface area (Å²) in [5, 5.41) is 0. The second-order valence-corrected chi connectivity index (χ2v) is 6.36. The first kappa shape index (κ1) is 16.5. The molecule has 0 saturated heterocycles. The minimum absolute atomic E-state index is 0.0198. The Morgan fingerprint density at radius 2 is 1.68 bits per heavy atom. The maximum Gasteiger partial charge on any atom is 0.256 e. The average Bonchev–Trinajstić information content (AvgIpc) is 2.48. The van der Waals surface area contributed by atoms with Crippen LogP contribution in [0, 0.1) is 0 Å². The summed E-state index contributed by atoms with van der Waals surface area (Å²) >= 11 is 0. The van der Waals surface area contributed by atoms with E-state index < -0.39 is 5.54 Å². The third-order valence-corrected chi connectivity index (χ3v) is 3.97. The normalized spacial score (nSPS) is 11.7. The molecule has 1 aromatic heterocycles. The van der Waals surface area contributed by atoms with E-state index in [4.69, 9.17) is 5.73 Å². The fourth-order valence-corrected chi connectivity index (χ4v) is 2.68. The van der Waals surface area contributed by atoms with Gasteiger partial charge in [0.2, 0.25) is 0 Å². The highest BCUT2D eigenvalue weighted by atomic mass is 16.1. The molecule has 1 aromatic carbocycles. The van der Waals surface area contributed by atoms with Gasteiger partial charge in [0, 0.05) is 17.6 Å². The van der Waals surface area contributed by atoms with Crippen LogP contribution in [-0.2, 0) is 18.5 Å². The van der Waals surface area contributed by atoms with E-state index in [1.807, 2.05) is 30.5 Å². The monoisotopic (exact) mass is 298 g/mol. The second kappa shape index (κ2) is 6.49. The van der Waals surface area contributed by atoms with Crippen molar-refractivity contribution in [2.75, 3.05) is 0 Å². The number of nitrogens with two attached hydrogens (primary N) is 1. The molecule has 0 radical (unpaired) electrons. The van der Waals surface area contributed by atoms with Gasteiger partial charge >= 0.3 is 0 Å². The third-order valence-electron chi connectivity index (χ3n) is 3.97. The second-order valence-electron chi connectivity index (χ2n) is 6.36. The summed E-state index contributed by atoms with van der Waals surface area (Å²) in [6.07, 6.45) is 1.93. The van der Waals surface area contributed by atoms with Crippen molar-refractivity contribution in [1.82, 2.24) is 4.57 Å². The number of pyridine rings is 1. The zero-order valence-electron chi connectivity index (χ0n) is 14.0. The van der Waals surface area contributed by atoms with Crippen molar-refractivity contribution in [2.24, 2.45) is 5.73 Å². The highest BCUT2D eigenvalue weighted by Gasteiger charge is 2.20. The van der Waals surface area contributed by atoms with E-state index in [1.165, 1.54) is 5.56 Å². The molecule has 3 nitrogen and oxygen atoms in total. The molecule has 0 aliphatic rings. The van der Waals surface area contributed by atoms with E-state index in [0.29, 0.717) is 12.1 Å². The van der Waals surface area contributed by atoms with Gasteiger partial charge in [-0.15, -0.1) is 0 Å². The fraction of sp³-hybridized carbons (Fsp3) is 0.421. The molecule has 0 amide bonds. The molecular weight excluding hydrogens is 272 g/mol. The molecule has 118 valence electrons. The summed E-state index contributed by atoms with van der Waals surface area (Å²) < 4.78 is 1.85. The van der Waals surface area contributed by atoms with Crippen LogP contribution in [0.25, 0.3) is 11.3 Å². The standard InChI is InChI=1S/C19H26N2O/c1-5-13-21-17(15-9-7-14(6-2)8-10-15)12-11-16(18(21)22)19(3,4)20/h7-12H,5-6,13,20H2,1-4H3. The lowest BCUT2D eigenvalue weighted by Crippen LogP contribution is -2.38. The van der Waals surface area contributed by atoms with Crippen molar-refractivity contribution in [1.29, 1.82) is 0 Å². The predicted molar refractivity (Wildman–Crippen MR) is 93.0 cm³/mol. The Balaban J connectivity index is 2.60. The van der Waals surface area contributed by atoms with Crippen LogP contribution in [0.3, 0.4) is 0 Å². The summed E-state index contributed by atoms with van der Waals surface area (Å²) in [6, 6.07) is 12.3. The Bertz CT molecular complexity index is 691. The molecular formula is C19H26N2O. The van der Waals surface area contributed by atoms with Crippen LogP contribution in [-0.4, -0.2) is 4.57 Å². The molecule has 0 aliphatic heterocycles.